The van der Waals surface area contributed by atoms with Gasteiger partial charge in [-0.15, -0.1) is 0 Å². The molecule has 0 aliphatic heterocycles. The fourth-order valence-corrected chi connectivity index (χ4v) is 3.11. The number of nitriles is 1. The van der Waals surface area contributed by atoms with E-state index in [1.165, 1.54) is 0 Å². The van der Waals surface area contributed by atoms with Gasteiger partial charge in [-0.05, 0) is 56.8 Å². The lowest BCUT2D eigenvalue weighted by Gasteiger charge is -2.20. The van der Waals surface area contributed by atoms with Crippen molar-refractivity contribution in [1.82, 2.24) is 10.3 Å². The van der Waals surface area contributed by atoms with Crippen LogP contribution in [-0.4, -0.2) is 16.7 Å². The molecule has 0 spiro atoms. The van der Waals surface area contributed by atoms with Crippen LogP contribution in [0, 0.1) is 18.3 Å². The van der Waals surface area contributed by atoms with Crippen molar-refractivity contribution in [2.45, 2.75) is 39.8 Å². The SMILES string of the molecule is Cc1ccc(-c2c(CNC(=O)OC(C)(C)C)[nH]c(=O)c3ccc(C#N)cc23)cc1. The summed E-state index contributed by atoms with van der Waals surface area (Å²) in [6.07, 6.45) is -0.570. The summed E-state index contributed by atoms with van der Waals surface area (Å²) in [5.41, 5.74) is 2.87. The number of rotatable bonds is 3. The van der Waals surface area contributed by atoms with Crippen LogP contribution in [0.15, 0.2) is 47.3 Å². The highest BCUT2D eigenvalue weighted by Crippen LogP contribution is 2.30. The van der Waals surface area contributed by atoms with Crippen LogP contribution in [0.2, 0.25) is 0 Å². The summed E-state index contributed by atoms with van der Waals surface area (Å²) in [6, 6.07) is 15.0. The Balaban J connectivity index is 2.14. The average molecular weight is 389 g/mol. The Morgan fingerprint density at radius 1 is 1.14 bits per heavy atom. The van der Waals surface area contributed by atoms with Crippen molar-refractivity contribution < 1.29 is 9.53 Å². The van der Waals surface area contributed by atoms with Gasteiger partial charge in [-0.25, -0.2) is 4.79 Å². The summed E-state index contributed by atoms with van der Waals surface area (Å²) in [5, 5.41) is 13.2. The summed E-state index contributed by atoms with van der Waals surface area (Å²) in [6.45, 7) is 7.43. The monoisotopic (exact) mass is 389 g/mol. The molecule has 0 saturated carbocycles. The molecule has 3 aromatic rings. The van der Waals surface area contributed by atoms with E-state index in [1.54, 1.807) is 39.0 Å². The maximum Gasteiger partial charge on any atom is 0.407 e. The van der Waals surface area contributed by atoms with Crippen molar-refractivity contribution >= 4 is 16.9 Å². The van der Waals surface area contributed by atoms with E-state index in [2.05, 4.69) is 16.4 Å². The number of hydrogen-bond acceptors (Lipinski definition) is 4. The third-order valence-corrected chi connectivity index (χ3v) is 4.38. The third kappa shape index (κ3) is 4.64. The minimum absolute atomic E-state index is 0.0834. The van der Waals surface area contributed by atoms with E-state index in [1.807, 2.05) is 31.2 Å². The van der Waals surface area contributed by atoms with Gasteiger partial charge < -0.3 is 15.0 Å². The number of fused-ring (bicyclic) bond motifs is 1. The van der Waals surface area contributed by atoms with Crippen LogP contribution >= 0.6 is 0 Å². The zero-order valence-corrected chi connectivity index (χ0v) is 16.9. The molecule has 0 bridgehead atoms. The number of aryl methyl sites for hydroxylation is 1. The number of carbonyl (C=O) groups excluding carboxylic acids is 1. The summed E-state index contributed by atoms with van der Waals surface area (Å²) < 4.78 is 5.29. The van der Waals surface area contributed by atoms with Crippen LogP contribution in [0.1, 0.15) is 37.6 Å². The predicted octanol–water partition coefficient (Wildman–Crippen LogP) is 4.40. The second-order valence-corrected chi connectivity index (χ2v) is 7.90. The minimum atomic E-state index is -0.623. The molecule has 1 heterocycles. The van der Waals surface area contributed by atoms with Gasteiger partial charge in [0.15, 0.2) is 0 Å². The molecule has 0 aliphatic carbocycles. The lowest BCUT2D eigenvalue weighted by molar-refractivity contribution is 0.0523. The molecule has 3 rings (SSSR count). The summed E-state index contributed by atoms with van der Waals surface area (Å²) in [5.74, 6) is 0. The van der Waals surface area contributed by atoms with Crippen molar-refractivity contribution in [2.24, 2.45) is 0 Å². The first-order valence-corrected chi connectivity index (χ1v) is 9.31. The van der Waals surface area contributed by atoms with Crippen LogP contribution in [0.5, 0.6) is 0 Å². The van der Waals surface area contributed by atoms with Gasteiger partial charge in [0.05, 0.1) is 18.2 Å². The number of alkyl carbamates (subject to hydrolysis) is 1. The molecule has 2 aromatic carbocycles. The summed E-state index contributed by atoms with van der Waals surface area (Å²) in [4.78, 5) is 27.6. The molecule has 6 heteroatoms. The smallest absolute Gasteiger partial charge is 0.407 e. The number of aromatic nitrogens is 1. The second kappa shape index (κ2) is 7.80. The molecule has 0 atom stereocenters. The number of aromatic amines is 1. The fraction of sp³-hybridized carbons (Fsp3) is 0.261. The first-order chi connectivity index (χ1) is 13.7. The van der Waals surface area contributed by atoms with Gasteiger partial charge in [-0.1, -0.05) is 29.8 Å². The molecular weight excluding hydrogens is 366 g/mol. The molecule has 6 nitrogen and oxygen atoms in total. The Hall–Kier alpha value is -3.59. The van der Waals surface area contributed by atoms with Gasteiger partial charge in [-0.3, -0.25) is 4.79 Å². The fourth-order valence-electron chi connectivity index (χ4n) is 3.11. The number of carbonyl (C=O) groups is 1. The van der Waals surface area contributed by atoms with E-state index < -0.39 is 11.7 Å². The van der Waals surface area contributed by atoms with Crippen molar-refractivity contribution in [3.8, 4) is 17.2 Å². The van der Waals surface area contributed by atoms with Gasteiger partial charge in [-0.2, -0.15) is 5.26 Å². The molecule has 0 radical (unpaired) electrons. The Morgan fingerprint density at radius 3 is 2.45 bits per heavy atom. The Morgan fingerprint density at radius 2 is 1.83 bits per heavy atom. The average Bonchev–Trinajstić information content (AvgIpc) is 2.65. The van der Waals surface area contributed by atoms with E-state index >= 15 is 0 Å². The Bertz CT molecular complexity index is 1160. The lowest BCUT2D eigenvalue weighted by Crippen LogP contribution is -2.32. The maximum absolute atomic E-state index is 12.6. The van der Waals surface area contributed by atoms with E-state index in [9.17, 15) is 14.9 Å². The molecule has 0 unspecified atom stereocenters. The van der Waals surface area contributed by atoms with Crippen LogP contribution in [0.25, 0.3) is 21.9 Å². The lowest BCUT2D eigenvalue weighted by atomic mass is 9.95. The second-order valence-electron chi connectivity index (χ2n) is 7.90. The maximum atomic E-state index is 12.6. The van der Waals surface area contributed by atoms with Gasteiger partial charge in [0.25, 0.3) is 5.56 Å². The largest absolute Gasteiger partial charge is 0.444 e. The standard InChI is InChI=1S/C23H23N3O3/c1-14-5-8-16(9-6-14)20-18-11-15(12-24)7-10-17(18)21(27)26-19(20)13-25-22(28)29-23(2,3)4/h5-11H,13H2,1-4H3,(H,25,28)(H,26,27). The van der Waals surface area contributed by atoms with Crippen LogP contribution < -0.4 is 10.9 Å². The van der Waals surface area contributed by atoms with Crippen molar-refractivity contribution in [2.75, 3.05) is 0 Å². The van der Waals surface area contributed by atoms with Crippen LogP contribution in [-0.2, 0) is 11.3 Å². The number of amides is 1. The van der Waals surface area contributed by atoms with E-state index in [0.717, 1.165) is 16.7 Å². The third-order valence-electron chi connectivity index (χ3n) is 4.38. The van der Waals surface area contributed by atoms with E-state index in [4.69, 9.17) is 4.74 Å². The Labute approximate surface area is 169 Å². The van der Waals surface area contributed by atoms with Gasteiger partial charge in [0.2, 0.25) is 0 Å². The minimum Gasteiger partial charge on any atom is -0.444 e. The highest BCUT2D eigenvalue weighted by molar-refractivity contribution is 5.98. The van der Waals surface area contributed by atoms with Crippen LogP contribution in [0.3, 0.4) is 0 Å². The molecule has 0 saturated heterocycles. The Kier molecular flexibility index (Phi) is 5.42. The molecule has 1 aromatic heterocycles. The number of nitrogens with zero attached hydrogens (tertiary/aromatic N) is 1. The summed E-state index contributed by atoms with van der Waals surface area (Å²) in [7, 11) is 0. The highest BCUT2D eigenvalue weighted by Gasteiger charge is 2.18. The van der Waals surface area contributed by atoms with Crippen molar-refractivity contribution in [3.63, 3.8) is 0 Å². The van der Waals surface area contributed by atoms with Gasteiger partial charge in [0.1, 0.15) is 5.60 Å². The number of benzene rings is 2. The van der Waals surface area contributed by atoms with Crippen LogP contribution in [0.4, 0.5) is 4.79 Å². The first-order valence-electron chi connectivity index (χ1n) is 9.31. The zero-order valence-electron chi connectivity index (χ0n) is 16.9. The number of pyridine rings is 1. The number of H-pyrrole nitrogens is 1. The molecular formula is C23H23N3O3. The zero-order chi connectivity index (χ0) is 21.2. The molecule has 1 amide bonds. The van der Waals surface area contributed by atoms with Gasteiger partial charge in [0, 0.05) is 16.6 Å². The highest BCUT2D eigenvalue weighted by atomic mass is 16.6. The number of nitrogens with one attached hydrogen (secondary N) is 2. The molecule has 29 heavy (non-hydrogen) atoms. The molecule has 148 valence electrons. The summed E-state index contributed by atoms with van der Waals surface area (Å²) >= 11 is 0. The number of ether oxygens (including phenoxy) is 1. The topological polar surface area (TPSA) is 95.0 Å². The quantitative estimate of drug-likeness (QED) is 0.694. The van der Waals surface area contributed by atoms with Crippen molar-refractivity contribution in [1.29, 1.82) is 5.26 Å². The molecule has 0 aliphatic rings. The van der Waals surface area contributed by atoms with Gasteiger partial charge >= 0.3 is 6.09 Å². The first kappa shape index (κ1) is 20.2. The van der Waals surface area contributed by atoms with Crippen molar-refractivity contribution in [3.05, 3.63) is 69.6 Å². The normalized spacial score (nSPS) is 11.1. The number of hydrogen-bond donors (Lipinski definition) is 2. The molecule has 0 fully saturated rings. The van der Waals surface area contributed by atoms with E-state index in [0.29, 0.717) is 22.0 Å². The predicted molar refractivity (Wildman–Crippen MR) is 113 cm³/mol. The van der Waals surface area contributed by atoms with E-state index in [-0.39, 0.29) is 12.1 Å². The molecule has 2 N–H and O–H groups in total.